The van der Waals surface area contributed by atoms with Crippen LogP contribution in [0.2, 0.25) is 0 Å². The zero-order valence-corrected chi connectivity index (χ0v) is 13.2. The zero-order valence-electron chi connectivity index (χ0n) is 13.2. The Morgan fingerprint density at radius 2 is 1.78 bits per heavy atom. The highest BCUT2D eigenvalue weighted by atomic mass is 16.2. The molecule has 0 saturated heterocycles. The number of carbonyl (C=O) groups excluding carboxylic acids is 1. The van der Waals surface area contributed by atoms with Crippen LogP contribution in [0.25, 0.3) is 10.9 Å². The van der Waals surface area contributed by atoms with E-state index >= 15 is 0 Å². The summed E-state index contributed by atoms with van der Waals surface area (Å²) in [6.07, 6.45) is 0.952. The highest BCUT2D eigenvalue weighted by Crippen LogP contribution is 2.18. The number of hydrogen-bond acceptors (Lipinski definition) is 2. The summed E-state index contributed by atoms with van der Waals surface area (Å²) in [6.45, 7) is 2.08. The van der Waals surface area contributed by atoms with Gasteiger partial charge in [-0.05, 0) is 30.2 Å². The summed E-state index contributed by atoms with van der Waals surface area (Å²) in [5.41, 5.74) is 2.86. The van der Waals surface area contributed by atoms with E-state index in [1.807, 2.05) is 48.5 Å². The smallest absolute Gasteiger partial charge is 0.256 e. The van der Waals surface area contributed by atoms with E-state index in [2.05, 4.69) is 12.2 Å². The molecule has 116 valence electrons. The lowest BCUT2D eigenvalue weighted by Crippen LogP contribution is -2.21. The minimum Gasteiger partial charge on any atom is -0.322 e. The Hall–Kier alpha value is -2.88. The number of pyridine rings is 1. The van der Waals surface area contributed by atoms with Crippen LogP contribution in [0.15, 0.2) is 59.4 Å². The molecule has 2 aromatic carbocycles. The van der Waals surface area contributed by atoms with Crippen molar-refractivity contribution < 1.29 is 4.79 Å². The normalized spacial score (nSPS) is 10.7. The second kappa shape index (κ2) is 6.08. The number of anilines is 1. The molecule has 0 saturated carbocycles. The molecule has 0 aliphatic carbocycles. The largest absolute Gasteiger partial charge is 0.322 e. The van der Waals surface area contributed by atoms with Gasteiger partial charge >= 0.3 is 0 Å². The molecule has 3 aromatic rings. The number of aromatic nitrogens is 1. The van der Waals surface area contributed by atoms with Crippen LogP contribution in [0.4, 0.5) is 5.69 Å². The quantitative estimate of drug-likeness (QED) is 0.806. The van der Waals surface area contributed by atoms with Crippen molar-refractivity contribution in [3.8, 4) is 0 Å². The average Bonchev–Trinajstić information content (AvgIpc) is 2.58. The van der Waals surface area contributed by atoms with Crippen LogP contribution in [-0.4, -0.2) is 10.5 Å². The second-order valence-electron chi connectivity index (χ2n) is 5.48. The molecule has 0 atom stereocenters. The fourth-order valence-corrected chi connectivity index (χ4v) is 2.62. The molecule has 0 fully saturated rings. The van der Waals surface area contributed by atoms with Crippen LogP contribution in [0.5, 0.6) is 0 Å². The first-order valence-electron chi connectivity index (χ1n) is 7.59. The van der Waals surface area contributed by atoms with Gasteiger partial charge in [-0.25, -0.2) is 0 Å². The third kappa shape index (κ3) is 2.88. The first-order chi connectivity index (χ1) is 11.1. The maximum Gasteiger partial charge on any atom is 0.256 e. The number of fused-ring (bicyclic) bond motifs is 1. The number of nitrogens with one attached hydrogen (secondary N) is 1. The predicted octanol–water partition coefficient (Wildman–Crippen LogP) is 3.35. The summed E-state index contributed by atoms with van der Waals surface area (Å²) in [5, 5.41) is 3.62. The van der Waals surface area contributed by atoms with Crippen LogP contribution in [-0.2, 0) is 13.5 Å². The number of nitrogens with zero attached hydrogens (tertiary/aromatic N) is 1. The number of amides is 1. The van der Waals surface area contributed by atoms with Gasteiger partial charge in [0.25, 0.3) is 11.5 Å². The van der Waals surface area contributed by atoms with E-state index in [0.29, 0.717) is 5.56 Å². The minimum absolute atomic E-state index is 0.199. The number of rotatable bonds is 3. The van der Waals surface area contributed by atoms with Gasteiger partial charge in [0.15, 0.2) is 0 Å². The number of hydrogen-bond donors (Lipinski definition) is 1. The molecule has 4 nitrogen and oxygen atoms in total. The van der Waals surface area contributed by atoms with Crippen molar-refractivity contribution >= 4 is 22.5 Å². The maximum atomic E-state index is 12.6. The second-order valence-corrected chi connectivity index (χ2v) is 5.48. The van der Waals surface area contributed by atoms with E-state index < -0.39 is 0 Å². The molecule has 1 heterocycles. The number of benzene rings is 2. The first-order valence-corrected chi connectivity index (χ1v) is 7.59. The Bertz CT molecular complexity index is 924. The third-order valence-electron chi connectivity index (χ3n) is 4.02. The first kappa shape index (κ1) is 15.0. The summed E-state index contributed by atoms with van der Waals surface area (Å²) >= 11 is 0. The van der Waals surface area contributed by atoms with E-state index in [0.717, 1.165) is 23.0 Å². The highest BCUT2D eigenvalue weighted by Gasteiger charge is 2.13. The van der Waals surface area contributed by atoms with Crippen LogP contribution >= 0.6 is 0 Å². The van der Waals surface area contributed by atoms with Gasteiger partial charge in [-0.3, -0.25) is 9.59 Å². The van der Waals surface area contributed by atoms with Crippen molar-refractivity contribution in [1.82, 2.24) is 4.57 Å². The van der Waals surface area contributed by atoms with E-state index in [4.69, 9.17) is 0 Å². The Kier molecular flexibility index (Phi) is 3.98. The Labute approximate surface area is 134 Å². The van der Waals surface area contributed by atoms with Gasteiger partial charge in [0.1, 0.15) is 0 Å². The van der Waals surface area contributed by atoms with Crippen LogP contribution in [0.3, 0.4) is 0 Å². The van der Waals surface area contributed by atoms with Gasteiger partial charge < -0.3 is 9.88 Å². The van der Waals surface area contributed by atoms with Crippen molar-refractivity contribution in [2.75, 3.05) is 5.32 Å². The number of aryl methyl sites for hydroxylation is 2. The fourth-order valence-electron chi connectivity index (χ4n) is 2.62. The van der Waals surface area contributed by atoms with E-state index in [-0.39, 0.29) is 11.5 Å². The fraction of sp³-hybridized carbons (Fsp3) is 0.158. The van der Waals surface area contributed by atoms with E-state index in [1.165, 1.54) is 11.6 Å². The Morgan fingerprint density at radius 1 is 1.09 bits per heavy atom. The number of carbonyl (C=O) groups is 1. The molecular formula is C19H18N2O2. The molecule has 0 unspecified atom stereocenters. The maximum absolute atomic E-state index is 12.6. The van der Waals surface area contributed by atoms with Crippen LogP contribution < -0.4 is 10.9 Å². The summed E-state index contributed by atoms with van der Waals surface area (Å²) in [5.74, 6) is -0.275. The van der Waals surface area contributed by atoms with Gasteiger partial charge in [0.2, 0.25) is 0 Å². The lowest BCUT2D eigenvalue weighted by atomic mass is 10.1. The standard InChI is InChI=1S/C19H18N2O2/c1-3-13-8-10-14(11-9-13)20-19(23)16-12-18(22)21(2)17-7-5-4-6-15(16)17/h4-12H,3H2,1-2H3,(H,20,23). The lowest BCUT2D eigenvalue weighted by Gasteiger charge is -2.11. The van der Waals surface area contributed by atoms with Gasteiger partial charge in [0.05, 0.1) is 11.1 Å². The minimum atomic E-state index is -0.275. The van der Waals surface area contributed by atoms with Gasteiger partial charge in [0, 0.05) is 24.2 Å². The average molecular weight is 306 g/mol. The van der Waals surface area contributed by atoms with Gasteiger partial charge in [-0.15, -0.1) is 0 Å². The molecule has 0 aliphatic rings. The van der Waals surface area contributed by atoms with Gasteiger partial charge in [-0.2, -0.15) is 0 Å². The van der Waals surface area contributed by atoms with E-state index in [9.17, 15) is 9.59 Å². The lowest BCUT2D eigenvalue weighted by molar-refractivity contribution is 0.102. The Morgan fingerprint density at radius 3 is 2.48 bits per heavy atom. The van der Waals surface area contributed by atoms with E-state index in [1.54, 1.807) is 11.6 Å². The summed E-state index contributed by atoms with van der Waals surface area (Å²) in [4.78, 5) is 24.7. The molecule has 0 bridgehead atoms. The highest BCUT2D eigenvalue weighted by molar-refractivity contribution is 6.12. The van der Waals surface area contributed by atoms with Crippen LogP contribution in [0.1, 0.15) is 22.8 Å². The summed E-state index contributed by atoms with van der Waals surface area (Å²) in [7, 11) is 1.70. The topological polar surface area (TPSA) is 51.1 Å². The monoisotopic (exact) mass is 306 g/mol. The van der Waals surface area contributed by atoms with Gasteiger partial charge in [-0.1, -0.05) is 37.3 Å². The predicted molar refractivity (Wildman–Crippen MR) is 93.0 cm³/mol. The molecule has 0 spiro atoms. The summed E-state index contributed by atoms with van der Waals surface area (Å²) in [6, 6.07) is 16.5. The molecule has 1 aromatic heterocycles. The van der Waals surface area contributed by atoms with Crippen molar-refractivity contribution in [1.29, 1.82) is 0 Å². The molecule has 23 heavy (non-hydrogen) atoms. The van der Waals surface area contributed by atoms with Crippen LogP contribution in [0, 0.1) is 0 Å². The molecule has 0 aliphatic heterocycles. The molecule has 1 amide bonds. The molecule has 0 radical (unpaired) electrons. The van der Waals surface area contributed by atoms with Crippen molar-refractivity contribution in [3.63, 3.8) is 0 Å². The Balaban J connectivity index is 2.00. The molecule has 4 heteroatoms. The van der Waals surface area contributed by atoms with Crippen molar-refractivity contribution in [2.24, 2.45) is 7.05 Å². The molecule has 1 N–H and O–H groups in total. The SMILES string of the molecule is CCc1ccc(NC(=O)c2cc(=O)n(C)c3ccccc23)cc1. The third-order valence-corrected chi connectivity index (χ3v) is 4.02. The zero-order chi connectivity index (χ0) is 16.4. The summed E-state index contributed by atoms with van der Waals surface area (Å²) < 4.78 is 1.54. The number of para-hydroxylation sites is 1. The van der Waals surface area contributed by atoms with Crippen molar-refractivity contribution in [2.45, 2.75) is 13.3 Å². The molecule has 3 rings (SSSR count). The van der Waals surface area contributed by atoms with Crippen molar-refractivity contribution in [3.05, 3.63) is 76.1 Å². The molecular weight excluding hydrogens is 288 g/mol.